The number of nitrogens with two attached hydrogens (primary N) is 1. The van der Waals surface area contributed by atoms with Gasteiger partial charge in [0, 0.05) is 32.4 Å². The zero-order chi connectivity index (χ0) is 11.5. The molecule has 0 aromatic carbocycles. The maximum atomic E-state index is 5.50. The quantitative estimate of drug-likeness (QED) is 0.813. The maximum Gasteiger partial charge on any atom is 0.138 e. The Morgan fingerprint density at radius 2 is 2.38 bits per heavy atom. The minimum Gasteiger partial charge on any atom is -0.393 e. The van der Waals surface area contributed by atoms with E-state index in [2.05, 4.69) is 9.88 Å². The summed E-state index contributed by atoms with van der Waals surface area (Å²) in [5.41, 5.74) is 6.44. The number of hydrogen-bond donors (Lipinski definition) is 1. The van der Waals surface area contributed by atoms with Crippen molar-refractivity contribution in [1.29, 1.82) is 0 Å². The van der Waals surface area contributed by atoms with E-state index in [1.165, 1.54) is 0 Å². The van der Waals surface area contributed by atoms with Crippen molar-refractivity contribution < 1.29 is 0 Å². The van der Waals surface area contributed by atoms with Crippen LogP contribution in [0.2, 0.25) is 0 Å². The molecule has 0 saturated heterocycles. The Morgan fingerprint density at radius 3 is 3.12 bits per heavy atom. The molecule has 0 saturated carbocycles. The van der Waals surface area contributed by atoms with Gasteiger partial charge in [0.2, 0.25) is 0 Å². The molecule has 4 nitrogen and oxygen atoms in total. The molecule has 0 bridgehead atoms. The van der Waals surface area contributed by atoms with Gasteiger partial charge in [0.25, 0.3) is 0 Å². The van der Waals surface area contributed by atoms with Crippen LogP contribution in [0.1, 0.15) is 6.42 Å². The first-order valence-electron chi connectivity index (χ1n) is 5.10. The molecular weight excluding hydrogens is 220 g/mol. The Hall–Kier alpha value is -1.62. The third kappa shape index (κ3) is 2.14. The fourth-order valence-electron chi connectivity index (χ4n) is 1.64. The van der Waals surface area contributed by atoms with Crippen LogP contribution in [0.15, 0.2) is 30.6 Å². The lowest BCUT2D eigenvalue weighted by Gasteiger charge is -2.20. The van der Waals surface area contributed by atoms with Crippen molar-refractivity contribution in [1.82, 2.24) is 9.38 Å². The molecule has 0 unspecified atom stereocenters. The Kier molecular flexibility index (Phi) is 3.05. The molecule has 0 fully saturated rings. The molecular formula is C11H14N4S. The van der Waals surface area contributed by atoms with Crippen LogP contribution < -0.4 is 10.6 Å². The molecule has 16 heavy (non-hydrogen) atoms. The van der Waals surface area contributed by atoms with E-state index < -0.39 is 0 Å². The summed E-state index contributed by atoms with van der Waals surface area (Å²) in [6.45, 7) is 0.812. The molecule has 84 valence electrons. The predicted molar refractivity (Wildman–Crippen MR) is 69.9 cm³/mol. The van der Waals surface area contributed by atoms with Crippen LogP contribution in [0.3, 0.4) is 0 Å². The number of aromatic nitrogens is 2. The van der Waals surface area contributed by atoms with E-state index in [1.807, 2.05) is 35.8 Å². The van der Waals surface area contributed by atoms with Gasteiger partial charge in [-0.05, 0) is 12.1 Å². The van der Waals surface area contributed by atoms with Crippen LogP contribution in [0.5, 0.6) is 0 Å². The summed E-state index contributed by atoms with van der Waals surface area (Å²) in [7, 11) is 2.02. The zero-order valence-corrected chi connectivity index (χ0v) is 9.94. The summed E-state index contributed by atoms with van der Waals surface area (Å²) in [5, 5.41) is 0. The number of hydrogen-bond acceptors (Lipinski definition) is 3. The van der Waals surface area contributed by atoms with Gasteiger partial charge in [0.05, 0.1) is 4.99 Å². The molecule has 0 aliphatic rings. The van der Waals surface area contributed by atoms with Crippen molar-refractivity contribution in [3.63, 3.8) is 0 Å². The lowest BCUT2D eigenvalue weighted by atomic mass is 10.3. The van der Waals surface area contributed by atoms with Crippen LogP contribution >= 0.6 is 12.2 Å². The van der Waals surface area contributed by atoms with Crippen LogP contribution in [0.25, 0.3) is 5.65 Å². The van der Waals surface area contributed by atoms with Crippen molar-refractivity contribution in [3.05, 3.63) is 30.6 Å². The Labute approximate surface area is 99.7 Å². The van der Waals surface area contributed by atoms with Gasteiger partial charge in [-0.15, -0.1) is 0 Å². The first-order chi connectivity index (χ1) is 7.68. The van der Waals surface area contributed by atoms with Crippen molar-refractivity contribution in [2.75, 3.05) is 18.5 Å². The molecule has 0 atom stereocenters. The summed E-state index contributed by atoms with van der Waals surface area (Å²) < 4.78 is 2.04. The SMILES string of the molecule is CN(CCC(N)=S)c1cccc2nccn12. The topological polar surface area (TPSA) is 46.6 Å². The van der Waals surface area contributed by atoms with Gasteiger partial charge in [-0.25, -0.2) is 4.98 Å². The van der Waals surface area contributed by atoms with Crippen LogP contribution in [0.4, 0.5) is 5.82 Å². The fraction of sp³-hybridized carbons (Fsp3) is 0.273. The number of thiocarbonyl (C=S) groups is 1. The highest BCUT2D eigenvalue weighted by atomic mass is 32.1. The molecule has 2 rings (SSSR count). The second-order valence-corrected chi connectivity index (χ2v) is 4.20. The first kappa shape index (κ1) is 10.9. The van der Waals surface area contributed by atoms with Crippen molar-refractivity contribution >= 4 is 28.7 Å². The van der Waals surface area contributed by atoms with E-state index in [-0.39, 0.29) is 0 Å². The highest BCUT2D eigenvalue weighted by Crippen LogP contribution is 2.14. The van der Waals surface area contributed by atoms with Gasteiger partial charge in [0.1, 0.15) is 11.5 Å². The van der Waals surface area contributed by atoms with Crippen molar-refractivity contribution in [2.24, 2.45) is 5.73 Å². The molecule has 0 aliphatic heterocycles. The van der Waals surface area contributed by atoms with Crippen molar-refractivity contribution in [2.45, 2.75) is 6.42 Å². The lowest BCUT2D eigenvalue weighted by molar-refractivity contribution is 0.885. The van der Waals surface area contributed by atoms with E-state index in [0.29, 0.717) is 4.99 Å². The zero-order valence-electron chi connectivity index (χ0n) is 9.13. The third-order valence-corrected chi connectivity index (χ3v) is 2.70. The Balaban J connectivity index is 2.25. The average molecular weight is 234 g/mol. The molecule has 5 heteroatoms. The van der Waals surface area contributed by atoms with E-state index in [0.717, 1.165) is 24.4 Å². The van der Waals surface area contributed by atoms with Gasteiger partial charge in [-0.1, -0.05) is 18.3 Å². The number of nitrogens with zero attached hydrogens (tertiary/aromatic N) is 3. The van der Waals surface area contributed by atoms with Gasteiger partial charge < -0.3 is 10.6 Å². The molecule has 2 heterocycles. The summed E-state index contributed by atoms with van der Waals surface area (Å²) >= 11 is 4.88. The van der Waals surface area contributed by atoms with Gasteiger partial charge in [0.15, 0.2) is 0 Å². The van der Waals surface area contributed by atoms with Gasteiger partial charge in [-0.3, -0.25) is 4.40 Å². The summed E-state index contributed by atoms with van der Waals surface area (Å²) in [6.07, 6.45) is 4.46. The molecule has 2 aromatic heterocycles. The van der Waals surface area contributed by atoms with Gasteiger partial charge in [-0.2, -0.15) is 0 Å². The van der Waals surface area contributed by atoms with E-state index in [4.69, 9.17) is 18.0 Å². The number of pyridine rings is 1. The molecule has 2 N–H and O–H groups in total. The normalized spacial score (nSPS) is 10.6. The average Bonchev–Trinajstić information content (AvgIpc) is 2.73. The van der Waals surface area contributed by atoms with Crippen LogP contribution in [-0.2, 0) is 0 Å². The molecule has 0 aliphatic carbocycles. The number of imidazole rings is 1. The first-order valence-corrected chi connectivity index (χ1v) is 5.51. The van der Waals surface area contributed by atoms with Crippen molar-refractivity contribution in [3.8, 4) is 0 Å². The smallest absolute Gasteiger partial charge is 0.138 e. The Morgan fingerprint density at radius 1 is 1.56 bits per heavy atom. The summed E-state index contributed by atoms with van der Waals surface area (Å²) in [5.74, 6) is 1.09. The number of rotatable bonds is 4. The van der Waals surface area contributed by atoms with E-state index in [1.54, 1.807) is 6.20 Å². The molecule has 0 spiro atoms. The monoisotopic (exact) mass is 234 g/mol. The minimum absolute atomic E-state index is 0.546. The molecule has 0 amide bonds. The van der Waals surface area contributed by atoms with Crippen LogP contribution in [0, 0.1) is 0 Å². The van der Waals surface area contributed by atoms with E-state index in [9.17, 15) is 0 Å². The molecule has 2 aromatic rings. The van der Waals surface area contributed by atoms with Crippen LogP contribution in [-0.4, -0.2) is 28.0 Å². The summed E-state index contributed by atoms with van der Waals surface area (Å²) in [6, 6.07) is 6.02. The van der Waals surface area contributed by atoms with E-state index >= 15 is 0 Å². The van der Waals surface area contributed by atoms with Gasteiger partial charge >= 0.3 is 0 Å². The second kappa shape index (κ2) is 4.49. The Bertz CT molecular complexity index is 505. The highest BCUT2D eigenvalue weighted by molar-refractivity contribution is 7.80. The molecule has 0 radical (unpaired) electrons. The second-order valence-electron chi connectivity index (χ2n) is 3.68. The minimum atomic E-state index is 0.546. The third-order valence-electron chi connectivity index (χ3n) is 2.49. The standard InChI is InChI=1S/C11H14N4S/c1-14(7-5-9(12)16)11-4-2-3-10-13-6-8-15(10)11/h2-4,6,8H,5,7H2,1H3,(H2,12,16). The summed E-state index contributed by atoms with van der Waals surface area (Å²) in [4.78, 5) is 6.91. The maximum absolute atomic E-state index is 5.50. The number of fused-ring (bicyclic) bond motifs is 1. The fourth-order valence-corrected chi connectivity index (χ4v) is 1.73. The lowest BCUT2D eigenvalue weighted by Crippen LogP contribution is -2.24. The largest absolute Gasteiger partial charge is 0.393 e. The number of anilines is 1. The highest BCUT2D eigenvalue weighted by Gasteiger charge is 2.05. The predicted octanol–water partition coefficient (Wildman–Crippen LogP) is 1.45.